The number of hydrogen-bond acceptors (Lipinski definition) is 2. The molecule has 0 amide bonds. The summed E-state index contributed by atoms with van der Waals surface area (Å²) in [4.78, 5) is 9.59. The van der Waals surface area contributed by atoms with Crippen LogP contribution in [0, 0.1) is 0 Å². The molecule has 2 nitrogen and oxygen atoms in total. The summed E-state index contributed by atoms with van der Waals surface area (Å²) in [6, 6.07) is 0. The molecule has 0 aliphatic rings. The summed E-state index contributed by atoms with van der Waals surface area (Å²) in [5.74, 6) is -0.245. The van der Waals surface area contributed by atoms with Crippen molar-refractivity contribution in [3.05, 3.63) is 0 Å². The molecule has 0 radical (unpaired) electrons. The normalized spacial score (nSPS) is 5.67. The van der Waals surface area contributed by atoms with E-state index in [9.17, 15) is 4.79 Å². The maximum atomic E-state index is 9.59. The first-order valence-corrected chi connectivity index (χ1v) is 1.32. The molecule has 0 rings (SSSR count). The van der Waals surface area contributed by atoms with Crippen molar-refractivity contribution >= 4 is 74.9 Å². The van der Waals surface area contributed by atoms with Crippen LogP contribution in [0.5, 0.6) is 0 Å². The van der Waals surface area contributed by atoms with E-state index in [1.807, 2.05) is 0 Å². The standard InChI is InChI=1S/C3H6O2.Cs.H/c1-3(4)5-2;;/h1-2H3;;. The molecule has 0 unspecified atom stereocenters. The van der Waals surface area contributed by atoms with E-state index in [1.165, 1.54) is 14.0 Å². The van der Waals surface area contributed by atoms with Gasteiger partial charge in [-0.25, -0.2) is 0 Å². The third-order valence-corrected chi connectivity index (χ3v) is 0.287. The van der Waals surface area contributed by atoms with Crippen molar-refractivity contribution in [2.45, 2.75) is 6.92 Å². The third kappa shape index (κ3) is 9.10. The van der Waals surface area contributed by atoms with Crippen LogP contribution in [0.2, 0.25) is 0 Å². The fourth-order valence-electron chi connectivity index (χ4n) is 0. The summed E-state index contributed by atoms with van der Waals surface area (Å²) in [7, 11) is 1.35. The van der Waals surface area contributed by atoms with Gasteiger partial charge in [-0.1, -0.05) is 0 Å². The average Bonchev–Trinajstić information content (AvgIpc) is 1.38. The number of carbonyl (C=O) groups is 1. The first kappa shape index (κ1) is 10.5. The predicted octanol–water partition coefficient (Wildman–Crippen LogP) is -0.469. The molecule has 0 aromatic heterocycles. The van der Waals surface area contributed by atoms with Crippen molar-refractivity contribution in [1.82, 2.24) is 0 Å². The van der Waals surface area contributed by atoms with Gasteiger partial charge in [0.25, 0.3) is 0 Å². The molecule has 3 heteroatoms. The molecule has 0 spiro atoms. The van der Waals surface area contributed by atoms with E-state index in [4.69, 9.17) is 0 Å². The van der Waals surface area contributed by atoms with Gasteiger partial charge >= 0.3 is 74.9 Å². The minimum atomic E-state index is -0.245. The van der Waals surface area contributed by atoms with E-state index in [0.29, 0.717) is 0 Å². The monoisotopic (exact) mass is 208 g/mol. The molecule has 0 heterocycles. The van der Waals surface area contributed by atoms with Crippen molar-refractivity contribution in [3.63, 3.8) is 0 Å². The van der Waals surface area contributed by atoms with Crippen LogP contribution in [0.15, 0.2) is 0 Å². The van der Waals surface area contributed by atoms with Gasteiger partial charge in [-0.2, -0.15) is 0 Å². The first-order chi connectivity index (χ1) is 2.27. The summed E-state index contributed by atoms with van der Waals surface area (Å²) < 4.78 is 4.11. The van der Waals surface area contributed by atoms with E-state index < -0.39 is 0 Å². The van der Waals surface area contributed by atoms with E-state index in [1.54, 1.807) is 0 Å². The van der Waals surface area contributed by atoms with Gasteiger partial charge in [-0.15, -0.1) is 0 Å². The van der Waals surface area contributed by atoms with Gasteiger partial charge in [-0.3, -0.25) is 4.79 Å². The van der Waals surface area contributed by atoms with Crippen molar-refractivity contribution in [2.75, 3.05) is 7.11 Å². The van der Waals surface area contributed by atoms with Gasteiger partial charge in [0.15, 0.2) is 0 Å². The topological polar surface area (TPSA) is 26.3 Å². The molecule has 0 atom stereocenters. The Morgan fingerprint density at radius 2 is 1.83 bits per heavy atom. The second-order valence-electron chi connectivity index (χ2n) is 0.696. The van der Waals surface area contributed by atoms with Crippen molar-refractivity contribution in [1.29, 1.82) is 0 Å². The Morgan fingerprint density at radius 1 is 1.67 bits per heavy atom. The molecule has 0 aliphatic heterocycles. The molecule has 0 N–H and O–H groups in total. The van der Waals surface area contributed by atoms with E-state index >= 15 is 0 Å². The number of esters is 1. The van der Waals surface area contributed by atoms with Crippen LogP contribution in [0.25, 0.3) is 0 Å². The zero-order chi connectivity index (χ0) is 4.28. The number of hydrogen-bond donors (Lipinski definition) is 0. The van der Waals surface area contributed by atoms with E-state index in [0.717, 1.165) is 0 Å². The third-order valence-electron chi connectivity index (χ3n) is 0.287. The number of carbonyl (C=O) groups excluding carboxylic acids is 1. The summed E-state index contributed by atoms with van der Waals surface area (Å²) in [5.41, 5.74) is 0. The van der Waals surface area contributed by atoms with Crippen molar-refractivity contribution in [3.8, 4) is 0 Å². The quantitative estimate of drug-likeness (QED) is 0.503. The Labute approximate surface area is 96.0 Å². The van der Waals surface area contributed by atoms with Gasteiger partial charge in [0.05, 0.1) is 7.11 Å². The van der Waals surface area contributed by atoms with Crippen LogP contribution in [0.3, 0.4) is 0 Å². The SMILES string of the molecule is COC(C)=O.[CsH]. The van der Waals surface area contributed by atoms with Gasteiger partial charge < -0.3 is 4.74 Å². The zero-order valence-corrected chi connectivity index (χ0v) is 3.32. The molecule has 0 bridgehead atoms. The van der Waals surface area contributed by atoms with Crippen LogP contribution in [-0.4, -0.2) is 82.0 Å². The molecule has 0 aromatic carbocycles. The second-order valence-corrected chi connectivity index (χ2v) is 0.696. The minimum absolute atomic E-state index is 0. The van der Waals surface area contributed by atoms with Crippen LogP contribution in [-0.2, 0) is 9.53 Å². The van der Waals surface area contributed by atoms with Crippen molar-refractivity contribution in [2.24, 2.45) is 0 Å². The number of ether oxygens (including phenoxy) is 1. The van der Waals surface area contributed by atoms with Crippen LogP contribution < -0.4 is 0 Å². The van der Waals surface area contributed by atoms with Gasteiger partial charge in [-0.05, 0) is 0 Å². The summed E-state index contributed by atoms with van der Waals surface area (Å²) in [5, 5.41) is 0. The van der Waals surface area contributed by atoms with E-state index in [2.05, 4.69) is 4.74 Å². The van der Waals surface area contributed by atoms with Crippen LogP contribution in [0.4, 0.5) is 0 Å². The summed E-state index contributed by atoms with van der Waals surface area (Å²) >= 11 is 0. The molecule has 0 fully saturated rings. The van der Waals surface area contributed by atoms with Crippen LogP contribution in [0.1, 0.15) is 6.92 Å². The first-order valence-electron chi connectivity index (χ1n) is 1.32. The Kier molecular flexibility index (Phi) is 11.4. The Hall–Kier alpha value is 1.52. The average molecular weight is 208 g/mol. The molecule has 6 heavy (non-hydrogen) atoms. The van der Waals surface area contributed by atoms with Crippen LogP contribution >= 0.6 is 0 Å². The maximum absolute atomic E-state index is 9.59. The molecular formula is C3H7CsO2. The molecular weight excluding hydrogens is 201 g/mol. The van der Waals surface area contributed by atoms with Gasteiger partial charge in [0, 0.05) is 6.92 Å². The Morgan fingerprint density at radius 3 is 1.83 bits per heavy atom. The van der Waals surface area contributed by atoms with E-state index in [-0.39, 0.29) is 74.9 Å². The summed E-state index contributed by atoms with van der Waals surface area (Å²) in [6.45, 7) is 1.36. The second kappa shape index (κ2) is 6.52. The Bertz CT molecular complexity index is 44.1. The summed E-state index contributed by atoms with van der Waals surface area (Å²) in [6.07, 6.45) is 0. The zero-order valence-electron chi connectivity index (χ0n) is 3.32. The van der Waals surface area contributed by atoms with Crippen molar-refractivity contribution < 1.29 is 9.53 Å². The molecule has 0 saturated carbocycles. The van der Waals surface area contributed by atoms with Gasteiger partial charge in [0.1, 0.15) is 0 Å². The molecule has 0 aliphatic carbocycles. The Balaban J connectivity index is 0. The molecule has 32 valence electrons. The number of rotatable bonds is 0. The molecule has 0 aromatic rings. The fourth-order valence-corrected chi connectivity index (χ4v) is 0. The van der Waals surface area contributed by atoms with Gasteiger partial charge in [0.2, 0.25) is 0 Å². The molecule has 0 saturated heterocycles. The fraction of sp³-hybridized carbons (Fsp3) is 0.667. The predicted molar refractivity (Wildman–Crippen MR) is 24.8 cm³/mol. The number of methoxy groups -OCH3 is 1.